The largest absolute Gasteiger partial charge is 0.495 e. The molecular weight excluding hydrogens is 232 g/mol. The summed E-state index contributed by atoms with van der Waals surface area (Å²) in [6.07, 6.45) is 1.00. The molecule has 4 heteroatoms. The molecule has 1 aromatic carbocycles. The quantitative estimate of drug-likeness (QED) is 0.843. The summed E-state index contributed by atoms with van der Waals surface area (Å²) in [6, 6.07) is 8.05. The van der Waals surface area contributed by atoms with E-state index in [-0.39, 0.29) is 6.04 Å². The maximum absolute atomic E-state index is 8.87. The highest BCUT2D eigenvalue weighted by Gasteiger charge is 2.04. The van der Waals surface area contributed by atoms with E-state index in [1.807, 2.05) is 23.9 Å². The molecule has 0 heterocycles. The van der Waals surface area contributed by atoms with E-state index in [0.29, 0.717) is 11.3 Å². The number of nitrogens with two attached hydrogens (primary N) is 1. The van der Waals surface area contributed by atoms with Gasteiger partial charge in [0.05, 0.1) is 12.7 Å². The highest BCUT2D eigenvalue weighted by Crippen LogP contribution is 2.22. The molecule has 17 heavy (non-hydrogen) atoms. The van der Waals surface area contributed by atoms with E-state index in [4.69, 9.17) is 15.7 Å². The van der Waals surface area contributed by atoms with Crippen LogP contribution >= 0.6 is 11.8 Å². The molecule has 92 valence electrons. The predicted molar refractivity (Wildman–Crippen MR) is 72.1 cm³/mol. The maximum Gasteiger partial charge on any atom is 0.136 e. The van der Waals surface area contributed by atoms with E-state index in [1.54, 1.807) is 13.2 Å². The molecule has 3 nitrogen and oxygen atoms in total. The Hall–Kier alpha value is -1.18. The van der Waals surface area contributed by atoms with Gasteiger partial charge in [0.1, 0.15) is 11.8 Å². The van der Waals surface area contributed by atoms with Gasteiger partial charge < -0.3 is 10.5 Å². The fourth-order valence-electron chi connectivity index (χ4n) is 1.36. The van der Waals surface area contributed by atoms with Crippen molar-refractivity contribution in [2.45, 2.75) is 25.1 Å². The number of methoxy groups -OCH3 is 1. The van der Waals surface area contributed by atoms with E-state index in [9.17, 15) is 0 Å². The third-order valence-electron chi connectivity index (χ3n) is 2.51. The van der Waals surface area contributed by atoms with Gasteiger partial charge in [-0.25, -0.2) is 0 Å². The van der Waals surface area contributed by atoms with Gasteiger partial charge in [0.25, 0.3) is 0 Å². The van der Waals surface area contributed by atoms with E-state index in [1.165, 1.54) is 0 Å². The Labute approximate surface area is 107 Å². The number of benzene rings is 1. The van der Waals surface area contributed by atoms with Crippen LogP contribution in [0.15, 0.2) is 18.2 Å². The van der Waals surface area contributed by atoms with Gasteiger partial charge in [-0.3, -0.25) is 0 Å². The zero-order valence-corrected chi connectivity index (χ0v) is 11.1. The highest BCUT2D eigenvalue weighted by atomic mass is 32.2. The second kappa shape index (κ2) is 7.21. The molecule has 0 bridgehead atoms. The molecule has 1 unspecified atom stereocenters. The molecule has 0 saturated carbocycles. The lowest BCUT2D eigenvalue weighted by Crippen LogP contribution is -2.21. The third-order valence-corrected chi connectivity index (χ3v) is 3.71. The second-order valence-corrected chi connectivity index (χ2v) is 4.86. The number of hydrogen-bond acceptors (Lipinski definition) is 4. The molecule has 0 amide bonds. The molecular formula is C13H18N2OS. The van der Waals surface area contributed by atoms with Crippen molar-refractivity contribution in [2.24, 2.45) is 5.73 Å². The van der Waals surface area contributed by atoms with Crippen LogP contribution in [0.25, 0.3) is 0 Å². The van der Waals surface area contributed by atoms with Crippen LogP contribution in [0.5, 0.6) is 5.75 Å². The van der Waals surface area contributed by atoms with E-state index < -0.39 is 0 Å². The number of rotatable bonds is 6. The van der Waals surface area contributed by atoms with Crippen molar-refractivity contribution in [3.8, 4) is 11.8 Å². The zero-order valence-electron chi connectivity index (χ0n) is 10.3. The molecule has 0 aliphatic carbocycles. The predicted octanol–water partition coefficient (Wildman–Crippen LogP) is 2.54. The van der Waals surface area contributed by atoms with E-state index in [2.05, 4.69) is 13.0 Å². The van der Waals surface area contributed by atoms with Crippen molar-refractivity contribution >= 4 is 11.8 Å². The minimum atomic E-state index is 0.264. The first kappa shape index (κ1) is 13.9. The first-order valence-corrected chi connectivity index (χ1v) is 6.77. The standard InChI is InChI=1S/C13H18N2OS/c1-3-12(15)9-17-8-10-4-5-11(7-14)13(6-10)16-2/h4-6,12H,3,8-9,15H2,1-2H3. The minimum Gasteiger partial charge on any atom is -0.495 e. The zero-order chi connectivity index (χ0) is 12.7. The van der Waals surface area contributed by atoms with Crippen LogP contribution in [0, 0.1) is 11.3 Å². The lowest BCUT2D eigenvalue weighted by atomic mass is 10.1. The summed E-state index contributed by atoms with van der Waals surface area (Å²) in [5.41, 5.74) is 7.59. The monoisotopic (exact) mass is 250 g/mol. The Balaban J connectivity index is 2.58. The molecule has 1 rings (SSSR count). The fourth-order valence-corrected chi connectivity index (χ4v) is 2.44. The average molecular weight is 250 g/mol. The molecule has 0 aromatic heterocycles. The lowest BCUT2D eigenvalue weighted by molar-refractivity contribution is 0.413. The van der Waals surface area contributed by atoms with Gasteiger partial charge in [0.2, 0.25) is 0 Å². The number of nitriles is 1. The summed E-state index contributed by atoms with van der Waals surface area (Å²) >= 11 is 1.81. The van der Waals surface area contributed by atoms with Crippen molar-refractivity contribution < 1.29 is 4.74 Å². The van der Waals surface area contributed by atoms with Crippen LogP contribution in [0.4, 0.5) is 0 Å². The first-order chi connectivity index (χ1) is 8.21. The van der Waals surface area contributed by atoms with Gasteiger partial charge >= 0.3 is 0 Å². The van der Waals surface area contributed by atoms with Gasteiger partial charge in [-0.15, -0.1) is 0 Å². The summed E-state index contributed by atoms with van der Waals surface area (Å²) < 4.78 is 5.17. The summed E-state index contributed by atoms with van der Waals surface area (Å²) in [4.78, 5) is 0. The van der Waals surface area contributed by atoms with Gasteiger partial charge in [0, 0.05) is 17.5 Å². The Morgan fingerprint density at radius 2 is 2.29 bits per heavy atom. The number of nitrogens with zero attached hydrogens (tertiary/aromatic N) is 1. The molecule has 1 atom stereocenters. The summed E-state index contributed by atoms with van der Waals surface area (Å²) in [5, 5.41) is 8.87. The Morgan fingerprint density at radius 3 is 2.88 bits per heavy atom. The average Bonchev–Trinajstić information content (AvgIpc) is 2.38. The topological polar surface area (TPSA) is 59.0 Å². The number of ether oxygens (including phenoxy) is 1. The maximum atomic E-state index is 8.87. The van der Waals surface area contributed by atoms with E-state index >= 15 is 0 Å². The normalized spacial score (nSPS) is 11.9. The van der Waals surface area contributed by atoms with Crippen LogP contribution in [0.1, 0.15) is 24.5 Å². The summed E-state index contributed by atoms with van der Waals surface area (Å²) in [6.45, 7) is 2.09. The third kappa shape index (κ3) is 4.29. The second-order valence-electron chi connectivity index (χ2n) is 3.83. The molecule has 0 saturated heterocycles. The van der Waals surface area contributed by atoms with Gasteiger partial charge in [-0.2, -0.15) is 17.0 Å². The molecule has 0 aliphatic rings. The van der Waals surface area contributed by atoms with Crippen molar-refractivity contribution in [2.75, 3.05) is 12.9 Å². The molecule has 0 radical (unpaired) electrons. The molecule has 1 aromatic rings. The van der Waals surface area contributed by atoms with Crippen LogP contribution < -0.4 is 10.5 Å². The van der Waals surface area contributed by atoms with Crippen molar-refractivity contribution in [3.63, 3.8) is 0 Å². The van der Waals surface area contributed by atoms with Crippen molar-refractivity contribution in [1.82, 2.24) is 0 Å². The lowest BCUT2D eigenvalue weighted by Gasteiger charge is -2.09. The Bertz CT molecular complexity index is 401. The first-order valence-electron chi connectivity index (χ1n) is 5.61. The van der Waals surface area contributed by atoms with Crippen LogP contribution in [0.2, 0.25) is 0 Å². The van der Waals surface area contributed by atoms with Gasteiger partial charge in [-0.05, 0) is 24.1 Å². The SMILES string of the molecule is CCC(N)CSCc1ccc(C#N)c(OC)c1. The van der Waals surface area contributed by atoms with Crippen LogP contribution in [0.3, 0.4) is 0 Å². The van der Waals surface area contributed by atoms with Crippen LogP contribution in [-0.2, 0) is 5.75 Å². The van der Waals surface area contributed by atoms with Crippen molar-refractivity contribution in [3.05, 3.63) is 29.3 Å². The fraction of sp³-hybridized carbons (Fsp3) is 0.462. The molecule has 0 aliphatic heterocycles. The highest BCUT2D eigenvalue weighted by molar-refractivity contribution is 7.98. The molecule has 0 spiro atoms. The molecule has 2 N–H and O–H groups in total. The van der Waals surface area contributed by atoms with Gasteiger partial charge in [0.15, 0.2) is 0 Å². The molecule has 0 fully saturated rings. The smallest absolute Gasteiger partial charge is 0.136 e. The van der Waals surface area contributed by atoms with E-state index in [0.717, 1.165) is 23.5 Å². The summed E-state index contributed by atoms with van der Waals surface area (Å²) in [5.74, 6) is 2.50. The summed E-state index contributed by atoms with van der Waals surface area (Å²) in [7, 11) is 1.58. The number of thioether (sulfide) groups is 1. The van der Waals surface area contributed by atoms with Gasteiger partial charge in [-0.1, -0.05) is 13.0 Å². The number of hydrogen-bond donors (Lipinski definition) is 1. The van der Waals surface area contributed by atoms with Crippen molar-refractivity contribution in [1.29, 1.82) is 5.26 Å². The van der Waals surface area contributed by atoms with Crippen LogP contribution in [-0.4, -0.2) is 18.9 Å². The minimum absolute atomic E-state index is 0.264. The Kier molecular flexibility index (Phi) is 5.88. The Morgan fingerprint density at radius 1 is 1.53 bits per heavy atom.